The molecule has 0 radical (unpaired) electrons. The summed E-state index contributed by atoms with van der Waals surface area (Å²) in [6.07, 6.45) is 7.35. The number of amides is 1. The molecule has 2 bridgehead atoms. The van der Waals surface area contributed by atoms with E-state index in [4.69, 9.17) is 4.42 Å². The minimum atomic E-state index is -0.563. The third-order valence-corrected chi connectivity index (χ3v) is 5.98. The van der Waals surface area contributed by atoms with E-state index in [0.717, 1.165) is 47.9 Å². The molecular weight excluding hydrogens is 328 g/mol. The van der Waals surface area contributed by atoms with Crippen molar-refractivity contribution in [3.05, 3.63) is 54.4 Å². The molecule has 2 N–H and O–H groups in total. The van der Waals surface area contributed by atoms with E-state index in [0.29, 0.717) is 12.0 Å². The SMILES string of the molecule is O=C(NC12CCC(O)(CC1)C2)c1ccc(-c2nccc3occc23)cc1. The normalized spacial score (nSPS) is 27.1. The number of carbonyl (C=O) groups is 1. The van der Waals surface area contributed by atoms with Crippen molar-refractivity contribution in [2.75, 3.05) is 0 Å². The van der Waals surface area contributed by atoms with Crippen molar-refractivity contribution in [1.82, 2.24) is 10.3 Å². The fourth-order valence-electron chi connectivity index (χ4n) is 4.56. The maximum absolute atomic E-state index is 12.7. The Kier molecular flexibility index (Phi) is 3.25. The number of benzene rings is 1. The minimum absolute atomic E-state index is 0.0721. The summed E-state index contributed by atoms with van der Waals surface area (Å²) >= 11 is 0. The van der Waals surface area contributed by atoms with Crippen LogP contribution in [0.15, 0.2) is 53.3 Å². The summed E-state index contributed by atoms with van der Waals surface area (Å²) < 4.78 is 5.43. The van der Waals surface area contributed by atoms with Gasteiger partial charge in [-0.25, -0.2) is 0 Å². The van der Waals surface area contributed by atoms with E-state index in [1.165, 1.54) is 0 Å². The average molecular weight is 348 g/mol. The van der Waals surface area contributed by atoms with Crippen molar-refractivity contribution in [2.45, 2.75) is 43.2 Å². The van der Waals surface area contributed by atoms with Crippen LogP contribution in [0.25, 0.3) is 22.2 Å². The van der Waals surface area contributed by atoms with Crippen molar-refractivity contribution in [3.8, 4) is 11.3 Å². The molecule has 26 heavy (non-hydrogen) atoms. The van der Waals surface area contributed by atoms with Gasteiger partial charge in [0.25, 0.3) is 5.91 Å². The van der Waals surface area contributed by atoms with Gasteiger partial charge in [-0.15, -0.1) is 0 Å². The molecule has 5 nitrogen and oxygen atoms in total. The van der Waals surface area contributed by atoms with Crippen LogP contribution >= 0.6 is 0 Å². The lowest BCUT2D eigenvalue weighted by Crippen LogP contribution is -2.45. The molecule has 5 rings (SSSR count). The molecule has 2 saturated carbocycles. The van der Waals surface area contributed by atoms with E-state index in [9.17, 15) is 9.90 Å². The molecule has 0 atom stereocenters. The van der Waals surface area contributed by atoms with Crippen molar-refractivity contribution in [1.29, 1.82) is 0 Å². The number of rotatable bonds is 3. The molecule has 132 valence electrons. The summed E-state index contributed by atoms with van der Waals surface area (Å²) in [5.41, 5.74) is 2.43. The Morgan fingerprint density at radius 3 is 2.54 bits per heavy atom. The van der Waals surface area contributed by atoms with Gasteiger partial charge in [0.2, 0.25) is 0 Å². The number of hydrogen-bond acceptors (Lipinski definition) is 4. The highest BCUT2D eigenvalue weighted by Crippen LogP contribution is 2.50. The van der Waals surface area contributed by atoms with E-state index in [1.54, 1.807) is 12.5 Å². The summed E-state index contributed by atoms with van der Waals surface area (Å²) in [4.78, 5) is 17.1. The number of aromatic nitrogens is 1. The van der Waals surface area contributed by atoms with E-state index >= 15 is 0 Å². The van der Waals surface area contributed by atoms with E-state index in [2.05, 4.69) is 10.3 Å². The Hall–Kier alpha value is -2.66. The molecule has 3 aromatic rings. The number of aliphatic hydroxyl groups is 1. The molecule has 0 aliphatic heterocycles. The summed E-state index contributed by atoms with van der Waals surface area (Å²) in [5.74, 6) is -0.0721. The third-order valence-electron chi connectivity index (χ3n) is 5.98. The van der Waals surface area contributed by atoms with Crippen LogP contribution in [0, 0.1) is 0 Å². The molecule has 1 aromatic carbocycles. The highest BCUT2D eigenvalue weighted by atomic mass is 16.3. The fraction of sp³-hybridized carbons (Fsp3) is 0.333. The molecule has 2 fully saturated rings. The van der Waals surface area contributed by atoms with Crippen LogP contribution in [0.3, 0.4) is 0 Å². The van der Waals surface area contributed by atoms with Gasteiger partial charge in [-0.1, -0.05) is 12.1 Å². The number of carbonyl (C=O) groups excluding carboxylic acids is 1. The predicted molar refractivity (Wildman–Crippen MR) is 97.7 cm³/mol. The second-order valence-electron chi connectivity index (χ2n) is 7.70. The molecule has 2 heterocycles. The topological polar surface area (TPSA) is 75.4 Å². The summed E-state index contributed by atoms with van der Waals surface area (Å²) in [6.45, 7) is 0. The second kappa shape index (κ2) is 5.42. The van der Waals surface area contributed by atoms with E-state index in [-0.39, 0.29) is 11.4 Å². The smallest absolute Gasteiger partial charge is 0.251 e. The molecule has 0 saturated heterocycles. The first-order valence-electron chi connectivity index (χ1n) is 9.04. The first kappa shape index (κ1) is 15.6. The van der Waals surface area contributed by atoms with Gasteiger partial charge >= 0.3 is 0 Å². The first-order chi connectivity index (χ1) is 12.6. The van der Waals surface area contributed by atoms with Gasteiger partial charge in [0.05, 0.1) is 17.6 Å². The van der Waals surface area contributed by atoms with Crippen molar-refractivity contribution >= 4 is 16.9 Å². The van der Waals surface area contributed by atoms with Crippen molar-refractivity contribution in [2.24, 2.45) is 0 Å². The lowest BCUT2D eigenvalue weighted by atomic mass is 9.92. The Labute approximate surface area is 151 Å². The largest absolute Gasteiger partial charge is 0.464 e. The zero-order chi connectivity index (χ0) is 17.8. The fourth-order valence-corrected chi connectivity index (χ4v) is 4.56. The van der Waals surface area contributed by atoms with Gasteiger partial charge in [0.15, 0.2) is 0 Å². The molecule has 2 aliphatic rings. The van der Waals surface area contributed by atoms with Gasteiger partial charge in [0, 0.05) is 28.2 Å². The second-order valence-corrected chi connectivity index (χ2v) is 7.70. The number of fused-ring (bicyclic) bond motifs is 3. The standard InChI is InChI=1S/C21H20N2O3/c24-19(23-20-7-9-21(25,13-20)10-8-20)15-3-1-14(2-4-15)18-16-6-12-26-17(16)5-11-22-18/h1-6,11-12,25H,7-10,13H2,(H,23,24). The molecule has 0 spiro atoms. The van der Waals surface area contributed by atoms with Crippen LogP contribution in [0.1, 0.15) is 42.5 Å². The predicted octanol–water partition coefficient (Wildman–Crippen LogP) is 3.67. The average Bonchev–Trinajstić information content (AvgIpc) is 3.33. The minimum Gasteiger partial charge on any atom is -0.464 e. The Morgan fingerprint density at radius 2 is 1.85 bits per heavy atom. The number of nitrogens with one attached hydrogen (secondary N) is 1. The lowest BCUT2D eigenvalue weighted by molar-refractivity contribution is 0.0521. The maximum Gasteiger partial charge on any atom is 0.251 e. The highest BCUT2D eigenvalue weighted by Gasteiger charge is 2.54. The van der Waals surface area contributed by atoms with Crippen LogP contribution in [-0.2, 0) is 0 Å². The maximum atomic E-state index is 12.7. The molecule has 5 heteroatoms. The summed E-state index contributed by atoms with van der Waals surface area (Å²) in [6, 6.07) is 11.2. The first-order valence-corrected chi connectivity index (χ1v) is 9.04. The van der Waals surface area contributed by atoms with Crippen LogP contribution in [0.5, 0.6) is 0 Å². The molecular formula is C21H20N2O3. The number of nitrogens with zero attached hydrogens (tertiary/aromatic N) is 1. The number of furan rings is 1. The number of pyridine rings is 1. The summed E-state index contributed by atoms with van der Waals surface area (Å²) in [5, 5.41) is 14.5. The van der Waals surface area contributed by atoms with Crippen LogP contribution in [0.4, 0.5) is 0 Å². The van der Waals surface area contributed by atoms with E-state index in [1.807, 2.05) is 36.4 Å². The zero-order valence-electron chi connectivity index (χ0n) is 14.4. The van der Waals surface area contributed by atoms with Gasteiger partial charge in [0.1, 0.15) is 5.58 Å². The quantitative estimate of drug-likeness (QED) is 0.757. The zero-order valence-corrected chi connectivity index (χ0v) is 14.4. The lowest BCUT2D eigenvalue weighted by Gasteiger charge is -2.27. The van der Waals surface area contributed by atoms with Crippen LogP contribution < -0.4 is 5.32 Å². The van der Waals surface area contributed by atoms with Crippen molar-refractivity contribution < 1.29 is 14.3 Å². The Bertz CT molecular complexity index is 982. The monoisotopic (exact) mass is 348 g/mol. The molecule has 1 amide bonds. The molecule has 2 aliphatic carbocycles. The van der Waals surface area contributed by atoms with Gasteiger partial charge in [-0.2, -0.15) is 0 Å². The van der Waals surface area contributed by atoms with Gasteiger partial charge in [-0.3, -0.25) is 9.78 Å². The van der Waals surface area contributed by atoms with Crippen LogP contribution in [-0.4, -0.2) is 27.1 Å². The number of hydrogen-bond donors (Lipinski definition) is 2. The highest BCUT2D eigenvalue weighted by molar-refractivity contribution is 5.96. The Morgan fingerprint density at radius 1 is 1.08 bits per heavy atom. The Balaban J connectivity index is 1.38. The van der Waals surface area contributed by atoms with Crippen LogP contribution in [0.2, 0.25) is 0 Å². The van der Waals surface area contributed by atoms with E-state index < -0.39 is 5.60 Å². The van der Waals surface area contributed by atoms with Crippen molar-refractivity contribution in [3.63, 3.8) is 0 Å². The molecule has 2 aromatic heterocycles. The third kappa shape index (κ3) is 2.42. The van der Waals surface area contributed by atoms with Gasteiger partial charge < -0.3 is 14.8 Å². The van der Waals surface area contributed by atoms with Gasteiger partial charge in [-0.05, 0) is 56.4 Å². The summed E-state index contributed by atoms with van der Waals surface area (Å²) in [7, 11) is 0. The molecule has 0 unspecified atom stereocenters.